The first-order valence-electron chi connectivity index (χ1n) is 7.19. The van der Waals surface area contributed by atoms with Gasteiger partial charge in [0.2, 0.25) is 5.82 Å². The molecule has 0 aliphatic rings. The topological polar surface area (TPSA) is 83.6 Å². The Morgan fingerprint density at radius 2 is 1.88 bits per heavy atom. The zero-order chi connectivity index (χ0) is 18.0. The van der Waals surface area contributed by atoms with Gasteiger partial charge in [-0.2, -0.15) is 5.26 Å². The van der Waals surface area contributed by atoms with Crippen molar-refractivity contribution in [2.75, 3.05) is 5.32 Å². The number of para-hydroxylation sites is 1. The van der Waals surface area contributed by atoms with Crippen molar-refractivity contribution in [3.05, 3.63) is 69.7 Å². The number of rotatable bonds is 3. The summed E-state index contributed by atoms with van der Waals surface area (Å²) in [4.78, 5) is 16.5. The van der Waals surface area contributed by atoms with E-state index in [0.29, 0.717) is 32.8 Å². The monoisotopic (exact) mass is 371 g/mol. The van der Waals surface area contributed by atoms with Crippen LogP contribution in [0.4, 0.5) is 5.69 Å². The molecule has 3 aromatic rings. The first kappa shape index (κ1) is 17.0. The number of halogens is 2. The molecular weight excluding hydrogens is 361 g/mol. The van der Waals surface area contributed by atoms with Gasteiger partial charge in [0.15, 0.2) is 0 Å². The summed E-state index contributed by atoms with van der Waals surface area (Å²) in [5.41, 5.74) is 1.38. The molecule has 0 unspecified atom stereocenters. The molecule has 0 saturated carbocycles. The van der Waals surface area contributed by atoms with Crippen LogP contribution in [-0.4, -0.2) is 20.7 Å². The van der Waals surface area contributed by atoms with Crippen LogP contribution in [0.1, 0.15) is 22.0 Å². The minimum atomic E-state index is -0.500. The second-order valence-electron chi connectivity index (χ2n) is 5.11. The van der Waals surface area contributed by atoms with Crippen molar-refractivity contribution in [1.82, 2.24) is 14.8 Å². The van der Waals surface area contributed by atoms with Gasteiger partial charge in [0.25, 0.3) is 5.91 Å². The Morgan fingerprint density at radius 3 is 2.56 bits per heavy atom. The van der Waals surface area contributed by atoms with E-state index in [0.717, 1.165) is 0 Å². The quantitative estimate of drug-likeness (QED) is 0.753. The molecule has 6 nitrogen and oxygen atoms in total. The molecule has 0 fully saturated rings. The van der Waals surface area contributed by atoms with E-state index in [2.05, 4.69) is 15.4 Å². The highest BCUT2D eigenvalue weighted by Crippen LogP contribution is 2.28. The highest BCUT2D eigenvalue weighted by molar-refractivity contribution is 6.37. The summed E-state index contributed by atoms with van der Waals surface area (Å²) in [6.45, 7) is 1.69. The largest absolute Gasteiger partial charge is 0.319 e. The summed E-state index contributed by atoms with van der Waals surface area (Å²) >= 11 is 12.4. The molecule has 124 valence electrons. The number of nitrogens with one attached hydrogen (secondary N) is 1. The lowest BCUT2D eigenvalue weighted by molar-refractivity contribution is 0.101. The van der Waals surface area contributed by atoms with Gasteiger partial charge in [-0.05, 0) is 37.3 Å². The summed E-state index contributed by atoms with van der Waals surface area (Å²) in [6, 6.07) is 13.6. The van der Waals surface area contributed by atoms with Gasteiger partial charge in [0, 0.05) is 5.69 Å². The molecular formula is C17H11Cl2N5O. The van der Waals surface area contributed by atoms with E-state index in [1.165, 1.54) is 4.68 Å². The van der Waals surface area contributed by atoms with Gasteiger partial charge in [0.05, 0.1) is 21.7 Å². The zero-order valence-electron chi connectivity index (χ0n) is 13.0. The SMILES string of the molecule is Cc1nc(C(=O)Nc2cccc(C#N)c2)nn1-c1c(Cl)cccc1Cl. The molecule has 2 aromatic carbocycles. The fourth-order valence-electron chi connectivity index (χ4n) is 2.24. The van der Waals surface area contributed by atoms with Crippen molar-refractivity contribution in [2.24, 2.45) is 0 Å². The maximum atomic E-state index is 12.4. The van der Waals surface area contributed by atoms with Crippen LogP contribution in [0.3, 0.4) is 0 Å². The first-order valence-corrected chi connectivity index (χ1v) is 7.95. The van der Waals surface area contributed by atoms with E-state index in [1.807, 2.05) is 6.07 Å². The van der Waals surface area contributed by atoms with E-state index in [1.54, 1.807) is 49.4 Å². The zero-order valence-corrected chi connectivity index (χ0v) is 14.5. The van der Waals surface area contributed by atoms with Gasteiger partial charge in [-0.15, -0.1) is 5.10 Å². The van der Waals surface area contributed by atoms with Crippen LogP contribution < -0.4 is 5.32 Å². The molecule has 0 atom stereocenters. The molecule has 3 rings (SSSR count). The summed E-state index contributed by atoms with van der Waals surface area (Å²) in [7, 11) is 0. The number of nitriles is 1. The Labute approximate surface area is 153 Å². The van der Waals surface area contributed by atoms with Gasteiger partial charge >= 0.3 is 0 Å². The van der Waals surface area contributed by atoms with Gasteiger partial charge in [0.1, 0.15) is 11.5 Å². The van der Waals surface area contributed by atoms with Crippen molar-refractivity contribution in [1.29, 1.82) is 5.26 Å². The van der Waals surface area contributed by atoms with Gasteiger partial charge < -0.3 is 5.32 Å². The van der Waals surface area contributed by atoms with Gasteiger partial charge in [-0.25, -0.2) is 9.67 Å². The number of anilines is 1. The first-order chi connectivity index (χ1) is 12.0. The summed E-state index contributed by atoms with van der Waals surface area (Å²) < 4.78 is 1.42. The van der Waals surface area contributed by atoms with Crippen LogP contribution >= 0.6 is 23.2 Å². The summed E-state index contributed by atoms with van der Waals surface area (Å²) in [6.07, 6.45) is 0. The second kappa shape index (κ2) is 6.93. The van der Waals surface area contributed by atoms with Crippen molar-refractivity contribution < 1.29 is 4.79 Å². The number of amides is 1. The predicted molar refractivity (Wildman–Crippen MR) is 95.2 cm³/mol. The number of aromatic nitrogens is 3. The number of hydrogen-bond donors (Lipinski definition) is 1. The highest BCUT2D eigenvalue weighted by Gasteiger charge is 2.18. The van der Waals surface area contributed by atoms with E-state index in [4.69, 9.17) is 28.5 Å². The third-order valence-electron chi connectivity index (χ3n) is 3.37. The van der Waals surface area contributed by atoms with Crippen LogP contribution in [0.25, 0.3) is 5.69 Å². The molecule has 8 heteroatoms. The molecule has 1 heterocycles. The average Bonchev–Trinajstić information content (AvgIpc) is 2.97. The van der Waals surface area contributed by atoms with E-state index in [-0.39, 0.29) is 5.82 Å². The highest BCUT2D eigenvalue weighted by atomic mass is 35.5. The Morgan fingerprint density at radius 1 is 1.20 bits per heavy atom. The molecule has 0 spiro atoms. The Hall–Kier alpha value is -2.88. The van der Waals surface area contributed by atoms with Gasteiger partial charge in [-0.1, -0.05) is 35.3 Å². The minimum absolute atomic E-state index is 0.0316. The Kier molecular flexibility index (Phi) is 4.70. The van der Waals surface area contributed by atoms with E-state index >= 15 is 0 Å². The second-order valence-corrected chi connectivity index (χ2v) is 5.93. The fourth-order valence-corrected chi connectivity index (χ4v) is 2.80. The minimum Gasteiger partial charge on any atom is -0.319 e. The molecule has 1 N–H and O–H groups in total. The normalized spacial score (nSPS) is 10.3. The maximum Gasteiger partial charge on any atom is 0.295 e. The summed E-state index contributed by atoms with van der Waals surface area (Å²) in [5, 5.41) is 16.6. The van der Waals surface area contributed by atoms with Crippen molar-refractivity contribution in [3.63, 3.8) is 0 Å². The van der Waals surface area contributed by atoms with Crippen molar-refractivity contribution in [2.45, 2.75) is 6.92 Å². The summed E-state index contributed by atoms with van der Waals surface area (Å²) in [5.74, 6) is -0.0677. The molecule has 0 aliphatic heterocycles. The predicted octanol–water partition coefficient (Wildman–Crippen LogP) is 4.01. The van der Waals surface area contributed by atoms with Crippen LogP contribution in [0.15, 0.2) is 42.5 Å². The smallest absolute Gasteiger partial charge is 0.295 e. The van der Waals surface area contributed by atoms with Crippen LogP contribution in [0, 0.1) is 18.3 Å². The number of benzene rings is 2. The lowest BCUT2D eigenvalue weighted by atomic mass is 10.2. The molecule has 1 aromatic heterocycles. The molecule has 0 aliphatic carbocycles. The molecule has 1 amide bonds. The van der Waals surface area contributed by atoms with Crippen LogP contribution in [0.5, 0.6) is 0 Å². The van der Waals surface area contributed by atoms with Crippen molar-refractivity contribution in [3.8, 4) is 11.8 Å². The number of carbonyl (C=O) groups is 1. The third kappa shape index (κ3) is 3.48. The van der Waals surface area contributed by atoms with Crippen LogP contribution in [0.2, 0.25) is 10.0 Å². The average molecular weight is 372 g/mol. The van der Waals surface area contributed by atoms with Gasteiger partial charge in [-0.3, -0.25) is 4.79 Å². The molecule has 25 heavy (non-hydrogen) atoms. The number of nitrogens with zero attached hydrogens (tertiary/aromatic N) is 4. The number of hydrogen-bond acceptors (Lipinski definition) is 4. The number of aryl methyl sites for hydroxylation is 1. The fraction of sp³-hybridized carbons (Fsp3) is 0.0588. The number of carbonyl (C=O) groups excluding carboxylic acids is 1. The standard InChI is InChI=1S/C17H11Cl2N5O/c1-10-21-16(17(25)22-12-5-2-4-11(8-12)9-20)23-24(10)15-13(18)6-3-7-14(15)19/h2-8H,1H3,(H,22,25). The lowest BCUT2D eigenvalue weighted by Crippen LogP contribution is -2.14. The van der Waals surface area contributed by atoms with Crippen LogP contribution in [-0.2, 0) is 0 Å². The third-order valence-corrected chi connectivity index (χ3v) is 3.98. The maximum absolute atomic E-state index is 12.4. The lowest BCUT2D eigenvalue weighted by Gasteiger charge is -2.07. The van der Waals surface area contributed by atoms with E-state index in [9.17, 15) is 4.79 Å². The molecule has 0 saturated heterocycles. The molecule has 0 radical (unpaired) electrons. The van der Waals surface area contributed by atoms with Crippen molar-refractivity contribution >= 4 is 34.8 Å². The Balaban J connectivity index is 1.92. The van der Waals surface area contributed by atoms with E-state index < -0.39 is 5.91 Å². The molecule has 0 bridgehead atoms. The Bertz CT molecular complexity index is 986.